The molecule has 2 rings (SSSR count). The van der Waals surface area contributed by atoms with E-state index in [1.165, 1.54) is 7.11 Å². The van der Waals surface area contributed by atoms with Crippen molar-refractivity contribution in [1.82, 2.24) is 9.97 Å². The van der Waals surface area contributed by atoms with E-state index in [1.807, 2.05) is 13.0 Å². The first-order chi connectivity index (χ1) is 10.8. The van der Waals surface area contributed by atoms with Crippen LogP contribution in [0.15, 0.2) is 30.3 Å². The molecule has 0 bridgehead atoms. The van der Waals surface area contributed by atoms with Crippen LogP contribution in [-0.2, 0) is 4.74 Å². The van der Waals surface area contributed by atoms with Crippen LogP contribution >= 0.6 is 0 Å². The van der Waals surface area contributed by atoms with Crippen molar-refractivity contribution in [3.05, 3.63) is 41.7 Å². The van der Waals surface area contributed by atoms with Gasteiger partial charge in [-0.3, -0.25) is 0 Å². The normalized spacial score (nSPS) is 11.0. The molecule has 0 aliphatic rings. The van der Waals surface area contributed by atoms with Gasteiger partial charge in [0.2, 0.25) is 0 Å². The van der Waals surface area contributed by atoms with Gasteiger partial charge in [0.1, 0.15) is 17.5 Å². The van der Waals surface area contributed by atoms with Crippen molar-refractivity contribution in [1.29, 1.82) is 0 Å². The molecule has 23 heavy (non-hydrogen) atoms. The Balaban J connectivity index is 2.18. The zero-order valence-electron chi connectivity index (χ0n) is 14.1. The van der Waals surface area contributed by atoms with Gasteiger partial charge in [0.05, 0.1) is 12.7 Å². The molecule has 0 aliphatic heterocycles. The van der Waals surface area contributed by atoms with Gasteiger partial charge in [0, 0.05) is 17.3 Å². The first-order valence-corrected chi connectivity index (χ1v) is 7.36. The average Bonchev–Trinajstić information content (AvgIpc) is 2.44. The van der Waals surface area contributed by atoms with E-state index in [0.29, 0.717) is 17.2 Å². The van der Waals surface area contributed by atoms with Crippen LogP contribution in [0.3, 0.4) is 0 Å². The lowest BCUT2D eigenvalue weighted by molar-refractivity contribution is 0.0601. The minimum atomic E-state index is -0.355. The molecule has 0 radical (unpaired) electrons. The predicted octanol–water partition coefficient (Wildman–Crippen LogP) is 3.53. The summed E-state index contributed by atoms with van der Waals surface area (Å²) in [5.74, 6) is 1.77. The molecule has 0 spiro atoms. The number of aryl methyl sites for hydroxylation is 1. The first kappa shape index (κ1) is 16.7. The zero-order chi connectivity index (χ0) is 17.0. The number of carbonyl (C=O) groups excluding carboxylic acids is 1. The third-order valence-electron chi connectivity index (χ3n) is 2.92. The number of benzene rings is 1. The molecule has 1 aromatic carbocycles. The number of aromatic nitrogens is 2. The highest BCUT2D eigenvalue weighted by Gasteiger charge is 2.12. The SMILES string of the molecule is COC(=O)c1ccc(Nc2cc(NC(C)(C)C)nc(C)n2)cc1. The highest BCUT2D eigenvalue weighted by molar-refractivity contribution is 5.89. The van der Waals surface area contributed by atoms with Crippen LogP contribution in [0.5, 0.6) is 0 Å². The minimum Gasteiger partial charge on any atom is -0.465 e. The van der Waals surface area contributed by atoms with Gasteiger partial charge in [-0.25, -0.2) is 14.8 Å². The summed E-state index contributed by atoms with van der Waals surface area (Å²) in [7, 11) is 1.36. The van der Waals surface area contributed by atoms with Gasteiger partial charge in [0.25, 0.3) is 0 Å². The molecule has 0 saturated heterocycles. The summed E-state index contributed by atoms with van der Waals surface area (Å²) in [6.45, 7) is 8.06. The Kier molecular flexibility index (Phi) is 4.83. The molecule has 0 aliphatic carbocycles. The fraction of sp³-hybridized carbons (Fsp3) is 0.353. The lowest BCUT2D eigenvalue weighted by Gasteiger charge is -2.21. The molecular weight excluding hydrogens is 292 g/mol. The second kappa shape index (κ2) is 6.64. The molecule has 0 fully saturated rings. The van der Waals surface area contributed by atoms with E-state index in [-0.39, 0.29) is 11.5 Å². The predicted molar refractivity (Wildman–Crippen MR) is 91.2 cm³/mol. The van der Waals surface area contributed by atoms with Gasteiger partial charge in [-0.15, -0.1) is 0 Å². The quantitative estimate of drug-likeness (QED) is 0.841. The number of carbonyl (C=O) groups is 1. The smallest absolute Gasteiger partial charge is 0.337 e. The van der Waals surface area contributed by atoms with E-state index < -0.39 is 0 Å². The van der Waals surface area contributed by atoms with Gasteiger partial charge in [0.15, 0.2) is 0 Å². The molecule has 6 heteroatoms. The number of methoxy groups -OCH3 is 1. The Morgan fingerprint density at radius 1 is 1.09 bits per heavy atom. The van der Waals surface area contributed by atoms with Crippen LogP contribution in [0, 0.1) is 6.92 Å². The summed E-state index contributed by atoms with van der Waals surface area (Å²) >= 11 is 0. The Morgan fingerprint density at radius 3 is 2.26 bits per heavy atom. The van der Waals surface area contributed by atoms with E-state index in [0.717, 1.165) is 11.5 Å². The maximum atomic E-state index is 11.4. The van der Waals surface area contributed by atoms with Crippen molar-refractivity contribution in [3.8, 4) is 0 Å². The van der Waals surface area contributed by atoms with Gasteiger partial charge >= 0.3 is 5.97 Å². The third-order valence-corrected chi connectivity index (χ3v) is 2.92. The van der Waals surface area contributed by atoms with Gasteiger partial charge < -0.3 is 15.4 Å². The summed E-state index contributed by atoms with van der Waals surface area (Å²) in [5.41, 5.74) is 1.25. The minimum absolute atomic E-state index is 0.0831. The first-order valence-electron chi connectivity index (χ1n) is 7.36. The number of rotatable bonds is 4. The average molecular weight is 314 g/mol. The van der Waals surface area contributed by atoms with Crippen molar-refractivity contribution in [2.45, 2.75) is 33.2 Å². The molecular formula is C17H22N4O2. The number of hydrogen-bond donors (Lipinski definition) is 2. The second-order valence-corrected chi connectivity index (χ2v) is 6.25. The molecule has 2 N–H and O–H groups in total. The molecule has 0 atom stereocenters. The monoisotopic (exact) mass is 314 g/mol. The Morgan fingerprint density at radius 2 is 1.70 bits per heavy atom. The van der Waals surface area contributed by atoms with E-state index in [9.17, 15) is 4.79 Å². The third kappa shape index (κ3) is 4.95. The van der Waals surface area contributed by atoms with Crippen LogP contribution in [0.25, 0.3) is 0 Å². The molecule has 2 aromatic rings. The molecule has 0 amide bonds. The highest BCUT2D eigenvalue weighted by Crippen LogP contribution is 2.20. The maximum Gasteiger partial charge on any atom is 0.337 e. The fourth-order valence-electron chi connectivity index (χ4n) is 2.04. The number of ether oxygens (including phenoxy) is 1. The van der Waals surface area contributed by atoms with Crippen LogP contribution < -0.4 is 10.6 Å². The van der Waals surface area contributed by atoms with Gasteiger partial charge in [-0.1, -0.05) is 0 Å². The number of anilines is 3. The Hall–Kier alpha value is -2.63. The molecule has 0 unspecified atom stereocenters. The Bertz CT molecular complexity index is 691. The van der Waals surface area contributed by atoms with Crippen molar-refractivity contribution >= 4 is 23.3 Å². The van der Waals surface area contributed by atoms with E-state index in [2.05, 4.69) is 46.1 Å². The number of esters is 1. The standard InChI is InChI=1S/C17H22N4O2/c1-11-18-14(10-15(19-11)21-17(2,3)4)20-13-8-6-12(7-9-13)16(22)23-5/h6-10H,1-5H3,(H2,18,19,20,21). The van der Waals surface area contributed by atoms with Crippen molar-refractivity contribution < 1.29 is 9.53 Å². The van der Waals surface area contributed by atoms with Crippen molar-refractivity contribution in [3.63, 3.8) is 0 Å². The maximum absolute atomic E-state index is 11.4. The topological polar surface area (TPSA) is 76.1 Å². The van der Waals surface area contributed by atoms with Gasteiger partial charge in [-0.05, 0) is 52.0 Å². The molecule has 6 nitrogen and oxygen atoms in total. The summed E-state index contributed by atoms with van der Waals surface area (Å²) in [5, 5.41) is 6.54. The molecule has 0 saturated carbocycles. The number of hydrogen-bond acceptors (Lipinski definition) is 6. The van der Waals surface area contributed by atoms with Crippen LogP contribution in [0.1, 0.15) is 37.0 Å². The highest BCUT2D eigenvalue weighted by atomic mass is 16.5. The summed E-state index contributed by atoms with van der Waals surface area (Å²) in [4.78, 5) is 20.2. The molecule has 1 aromatic heterocycles. The summed E-state index contributed by atoms with van der Waals surface area (Å²) < 4.78 is 4.68. The number of nitrogens with one attached hydrogen (secondary N) is 2. The zero-order valence-corrected chi connectivity index (χ0v) is 14.1. The molecule has 122 valence electrons. The summed E-state index contributed by atoms with van der Waals surface area (Å²) in [6.07, 6.45) is 0. The number of nitrogens with zero attached hydrogens (tertiary/aromatic N) is 2. The largest absolute Gasteiger partial charge is 0.465 e. The molecule has 1 heterocycles. The van der Waals surface area contributed by atoms with Crippen molar-refractivity contribution in [2.24, 2.45) is 0 Å². The van der Waals surface area contributed by atoms with E-state index >= 15 is 0 Å². The van der Waals surface area contributed by atoms with Crippen LogP contribution in [0.4, 0.5) is 17.3 Å². The van der Waals surface area contributed by atoms with E-state index in [1.54, 1.807) is 24.3 Å². The van der Waals surface area contributed by atoms with Gasteiger partial charge in [-0.2, -0.15) is 0 Å². The fourth-order valence-corrected chi connectivity index (χ4v) is 2.04. The Labute approximate surface area is 136 Å². The summed E-state index contributed by atoms with van der Waals surface area (Å²) in [6, 6.07) is 8.88. The van der Waals surface area contributed by atoms with Crippen LogP contribution in [-0.4, -0.2) is 28.6 Å². The van der Waals surface area contributed by atoms with Crippen LogP contribution in [0.2, 0.25) is 0 Å². The van der Waals surface area contributed by atoms with E-state index in [4.69, 9.17) is 0 Å². The second-order valence-electron chi connectivity index (χ2n) is 6.25. The van der Waals surface area contributed by atoms with Crippen molar-refractivity contribution in [2.75, 3.05) is 17.7 Å². The lowest BCUT2D eigenvalue weighted by Crippen LogP contribution is -2.26. The lowest BCUT2D eigenvalue weighted by atomic mass is 10.1.